The van der Waals surface area contributed by atoms with Crippen LogP contribution in [0.2, 0.25) is 0 Å². The number of hydrogen-bond acceptors (Lipinski definition) is 3. The van der Waals surface area contributed by atoms with Crippen molar-refractivity contribution in [1.29, 1.82) is 0 Å². The van der Waals surface area contributed by atoms with Crippen LogP contribution in [0.5, 0.6) is 0 Å². The van der Waals surface area contributed by atoms with Gasteiger partial charge in [-0.1, -0.05) is 42.5 Å². The van der Waals surface area contributed by atoms with Gasteiger partial charge in [-0.25, -0.2) is 0 Å². The lowest BCUT2D eigenvalue weighted by Gasteiger charge is -2.26. The van der Waals surface area contributed by atoms with Gasteiger partial charge in [0.2, 0.25) is 0 Å². The van der Waals surface area contributed by atoms with E-state index in [9.17, 15) is 0 Å². The molecule has 3 rings (SSSR count). The van der Waals surface area contributed by atoms with Gasteiger partial charge in [0.05, 0.1) is 5.54 Å². The number of hydrogen-bond donors (Lipinski definition) is 1. The van der Waals surface area contributed by atoms with Gasteiger partial charge in [0.15, 0.2) is 11.6 Å². The number of rotatable bonds is 4. The Morgan fingerprint density at radius 3 is 2.26 bits per heavy atom. The summed E-state index contributed by atoms with van der Waals surface area (Å²) in [7, 11) is 2.02. The third-order valence-electron chi connectivity index (χ3n) is 4.05. The van der Waals surface area contributed by atoms with Gasteiger partial charge in [-0.3, -0.25) is 0 Å². The summed E-state index contributed by atoms with van der Waals surface area (Å²) in [6.45, 7) is 6.33. The third-order valence-corrected chi connectivity index (χ3v) is 4.05. The van der Waals surface area contributed by atoms with Crippen LogP contribution in [-0.4, -0.2) is 14.8 Å². The highest BCUT2D eigenvalue weighted by Gasteiger charge is 2.27. The molecular weight excluding hydrogens is 284 g/mol. The van der Waals surface area contributed by atoms with Crippen molar-refractivity contribution in [2.75, 3.05) is 5.32 Å². The molecule has 4 nitrogen and oxygen atoms in total. The monoisotopic (exact) mass is 306 g/mol. The predicted molar refractivity (Wildman–Crippen MR) is 94.3 cm³/mol. The highest BCUT2D eigenvalue weighted by atomic mass is 15.3. The van der Waals surface area contributed by atoms with E-state index in [1.54, 1.807) is 0 Å². The second kappa shape index (κ2) is 5.88. The van der Waals surface area contributed by atoms with E-state index >= 15 is 0 Å². The van der Waals surface area contributed by atoms with Gasteiger partial charge < -0.3 is 9.88 Å². The van der Waals surface area contributed by atoms with Gasteiger partial charge in [0, 0.05) is 18.3 Å². The molecule has 1 aromatic heterocycles. The van der Waals surface area contributed by atoms with Crippen LogP contribution in [0.25, 0.3) is 11.4 Å². The molecule has 0 amide bonds. The number of aryl methyl sites for hydroxylation is 1. The maximum atomic E-state index is 4.45. The van der Waals surface area contributed by atoms with Crippen LogP contribution in [0.4, 0.5) is 5.69 Å². The Morgan fingerprint density at radius 1 is 0.913 bits per heavy atom. The Kier molecular flexibility index (Phi) is 3.90. The predicted octanol–water partition coefficient (Wildman–Crippen LogP) is 4.14. The summed E-state index contributed by atoms with van der Waals surface area (Å²) < 4.78 is 2.07. The average molecular weight is 306 g/mol. The maximum absolute atomic E-state index is 4.45. The summed E-state index contributed by atoms with van der Waals surface area (Å²) in [6.07, 6.45) is 0. The van der Waals surface area contributed by atoms with Gasteiger partial charge >= 0.3 is 0 Å². The highest BCUT2D eigenvalue weighted by molar-refractivity contribution is 5.60. The topological polar surface area (TPSA) is 42.7 Å². The van der Waals surface area contributed by atoms with Crippen LogP contribution < -0.4 is 5.32 Å². The standard InChI is InChI=1S/C19H22N4/c1-14-10-8-9-13-16(14)17-21-22-18(23(17)4)19(2,3)20-15-11-6-5-7-12-15/h5-13,20H,1-4H3. The van der Waals surface area contributed by atoms with E-state index in [4.69, 9.17) is 0 Å². The van der Waals surface area contributed by atoms with E-state index in [2.05, 4.69) is 65.1 Å². The molecule has 0 spiro atoms. The van der Waals surface area contributed by atoms with Crippen LogP contribution in [0.3, 0.4) is 0 Å². The molecule has 3 aromatic rings. The minimum absolute atomic E-state index is 0.329. The van der Waals surface area contributed by atoms with E-state index in [1.165, 1.54) is 5.56 Å². The fourth-order valence-corrected chi connectivity index (χ4v) is 2.87. The van der Waals surface area contributed by atoms with Crippen molar-refractivity contribution < 1.29 is 0 Å². The summed E-state index contributed by atoms with van der Waals surface area (Å²) >= 11 is 0. The van der Waals surface area contributed by atoms with E-state index in [0.29, 0.717) is 0 Å². The van der Waals surface area contributed by atoms with Crippen LogP contribution >= 0.6 is 0 Å². The van der Waals surface area contributed by atoms with Crippen LogP contribution in [-0.2, 0) is 12.6 Å². The fourth-order valence-electron chi connectivity index (χ4n) is 2.87. The van der Waals surface area contributed by atoms with Gasteiger partial charge in [0.25, 0.3) is 0 Å². The lowest BCUT2D eigenvalue weighted by Crippen LogP contribution is -2.31. The second-order valence-corrected chi connectivity index (χ2v) is 6.34. The van der Waals surface area contributed by atoms with Gasteiger partial charge in [-0.15, -0.1) is 10.2 Å². The summed E-state index contributed by atoms with van der Waals surface area (Å²) in [5, 5.41) is 12.4. The molecule has 0 bridgehead atoms. The Hall–Kier alpha value is -2.62. The number of benzene rings is 2. The number of para-hydroxylation sites is 1. The molecule has 0 aliphatic rings. The molecule has 0 aliphatic heterocycles. The molecule has 0 fully saturated rings. The van der Waals surface area contributed by atoms with E-state index in [0.717, 1.165) is 22.9 Å². The summed E-state index contributed by atoms with van der Waals surface area (Å²) in [5.74, 6) is 1.79. The van der Waals surface area contributed by atoms with Crippen molar-refractivity contribution >= 4 is 5.69 Å². The second-order valence-electron chi connectivity index (χ2n) is 6.34. The molecule has 0 atom stereocenters. The minimum atomic E-state index is -0.329. The molecule has 1 heterocycles. The number of aromatic nitrogens is 3. The van der Waals surface area contributed by atoms with Crippen molar-refractivity contribution in [2.24, 2.45) is 7.05 Å². The summed E-state index contributed by atoms with van der Waals surface area (Å²) in [5.41, 5.74) is 3.05. The van der Waals surface area contributed by atoms with Gasteiger partial charge in [0.1, 0.15) is 0 Å². The Balaban J connectivity index is 1.97. The van der Waals surface area contributed by atoms with Crippen molar-refractivity contribution in [1.82, 2.24) is 14.8 Å². The van der Waals surface area contributed by atoms with Crippen molar-refractivity contribution in [3.05, 3.63) is 66.0 Å². The number of nitrogens with one attached hydrogen (secondary N) is 1. The molecule has 118 valence electrons. The molecule has 0 radical (unpaired) electrons. The number of anilines is 1. The molecular formula is C19H22N4. The first-order valence-electron chi connectivity index (χ1n) is 7.78. The molecule has 0 saturated carbocycles. The Morgan fingerprint density at radius 2 is 1.57 bits per heavy atom. The zero-order valence-electron chi connectivity index (χ0n) is 14.0. The zero-order chi connectivity index (χ0) is 16.4. The first-order chi connectivity index (χ1) is 11.0. The molecule has 0 saturated heterocycles. The first kappa shape index (κ1) is 15.3. The van der Waals surface area contributed by atoms with Gasteiger partial charge in [-0.2, -0.15) is 0 Å². The van der Waals surface area contributed by atoms with Crippen molar-refractivity contribution in [3.63, 3.8) is 0 Å². The lowest BCUT2D eigenvalue weighted by atomic mass is 10.0. The van der Waals surface area contributed by atoms with Gasteiger partial charge in [-0.05, 0) is 38.5 Å². The van der Waals surface area contributed by atoms with Crippen LogP contribution in [0.15, 0.2) is 54.6 Å². The smallest absolute Gasteiger partial charge is 0.164 e. The third kappa shape index (κ3) is 2.97. The average Bonchev–Trinajstić information content (AvgIpc) is 2.91. The van der Waals surface area contributed by atoms with Crippen molar-refractivity contribution in [2.45, 2.75) is 26.3 Å². The van der Waals surface area contributed by atoms with Crippen LogP contribution in [0, 0.1) is 6.92 Å². The van der Waals surface area contributed by atoms with E-state index in [1.807, 2.05) is 37.4 Å². The normalized spacial score (nSPS) is 11.5. The molecule has 1 N–H and O–H groups in total. The lowest BCUT2D eigenvalue weighted by molar-refractivity contribution is 0.537. The van der Waals surface area contributed by atoms with Crippen molar-refractivity contribution in [3.8, 4) is 11.4 Å². The van der Waals surface area contributed by atoms with Crippen LogP contribution in [0.1, 0.15) is 25.2 Å². The fraction of sp³-hybridized carbons (Fsp3) is 0.263. The quantitative estimate of drug-likeness (QED) is 0.788. The molecule has 2 aromatic carbocycles. The zero-order valence-corrected chi connectivity index (χ0v) is 14.0. The summed E-state index contributed by atoms with van der Waals surface area (Å²) in [4.78, 5) is 0. The molecule has 4 heteroatoms. The molecule has 0 unspecified atom stereocenters. The number of nitrogens with zero attached hydrogens (tertiary/aromatic N) is 3. The largest absolute Gasteiger partial charge is 0.373 e. The van der Waals surface area contributed by atoms with E-state index in [-0.39, 0.29) is 5.54 Å². The first-order valence-corrected chi connectivity index (χ1v) is 7.78. The Bertz CT molecular complexity index is 803. The maximum Gasteiger partial charge on any atom is 0.164 e. The van der Waals surface area contributed by atoms with E-state index < -0.39 is 0 Å². The SMILES string of the molecule is Cc1ccccc1-c1nnc(C(C)(C)Nc2ccccc2)n1C. The molecule has 0 aliphatic carbocycles. The minimum Gasteiger partial charge on any atom is -0.373 e. The highest BCUT2D eigenvalue weighted by Crippen LogP contribution is 2.28. The summed E-state index contributed by atoms with van der Waals surface area (Å²) in [6, 6.07) is 18.4. The Labute approximate surface area is 137 Å². The molecule has 23 heavy (non-hydrogen) atoms.